The molecule has 0 radical (unpaired) electrons. The van der Waals surface area contributed by atoms with Crippen LogP contribution >= 0.6 is 23.2 Å². The van der Waals surface area contributed by atoms with Gasteiger partial charge in [-0.05, 0) is 82.0 Å². The third-order valence-electron chi connectivity index (χ3n) is 7.08. The number of methoxy groups -OCH3 is 2. The highest BCUT2D eigenvalue weighted by Gasteiger charge is 2.29. The van der Waals surface area contributed by atoms with Crippen LogP contribution in [0.4, 0.5) is 0 Å². The summed E-state index contributed by atoms with van der Waals surface area (Å²) in [5, 5.41) is 10.7. The molecule has 0 aliphatic heterocycles. The number of ether oxygens (including phenoxy) is 5. The Labute approximate surface area is 250 Å². The number of carbonyl (C=O) groups is 2. The summed E-state index contributed by atoms with van der Waals surface area (Å²) in [6, 6.07) is 5.04. The maximum absolute atomic E-state index is 13.6. The van der Waals surface area contributed by atoms with Gasteiger partial charge in [0.1, 0.15) is 39.9 Å². The van der Waals surface area contributed by atoms with Crippen molar-refractivity contribution < 1.29 is 38.4 Å². The Bertz CT molecular complexity index is 1500. The summed E-state index contributed by atoms with van der Waals surface area (Å²) >= 11 is 12.1. The van der Waals surface area contributed by atoms with Crippen molar-refractivity contribution in [1.82, 2.24) is 0 Å². The number of hydrogen-bond donors (Lipinski definition) is 1. The molecule has 0 unspecified atom stereocenters. The number of rotatable bonds is 11. The number of halogens is 2. The molecule has 0 aliphatic rings. The van der Waals surface area contributed by atoms with Gasteiger partial charge in [0.25, 0.3) is 0 Å². The zero-order chi connectivity index (χ0) is 30.6. The Balaban J connectivity index is 1.85. The van der Waals surface area contributed by atoms with Crippen LogP contribution in [0.2, 0.25) is 10.0 Å². The third kappa shape index (κ3) is 6.49. The average molecular weight is 606 g/mol. The molecule has 3 aromatic carbocycles. The van der Waals surface area contributed by atoms with E-state index < -0.39 is 11.9 Å². The normalized spacial score (nSPS) is 10.8. The first-order valence-corrected chi connectivity index (χ1v) is 13.6. The average Bonchev–Trinajstić information content (AvgIpc) is 2.92. The van der Waals surface area contributed by atoms with Gasteiger partial charge in [-0.2, -0.15) is 0 Å². The lowest BCUT2D eigenvalue weighted by atomic mass is 9.96. The van der Waals surface area contributed by atoms with Crippen LogP contribution in [0.15, 0.2) is 18.2 Å². The molecule has 41 heavy (non-hydrogen) atoms. The van der Waals surface area contributed by atoms with Gasteiger partial charge in [-0.25, -0.2) is 9.59 Å². The smallest absolute Gasteiger partial charge is 0.347 e. The molecule has 1 N–H and O–H groups in total. The van der Waals surface area contributed by atoms with Crippen molar-refractivity contribution in [1.29, 1.82) is 0 Å². The number of esters is 1. The lowest BCUT2D eigenvalue weighted by Crippen LogP contribution is -2.17. The summed E-state index contributed by atoms with van der Waals surface area (Å²) in [6.07, 6.45) is 0.578. The van der Waals surface area contributed by atoms with E-state index in [4.69, 9.17) is 46.9 Å². The number of carboxylic acid groups (broad SMARTS) is 1. The first kappa shape index (κ1) is 31.9. The van der Waals surface area contributed by atoms with Gasteiger partial charge in [-0.15, -0.1) is 0 Å². The molecule has 0 heterocycles. The monoisotopic (exact) mass is 604 g/mol. The van der Waals surface area contributed by atoms with Crippen molar-refractivity contribution in [3.8, 4) is 28.7 Å². The van der Waals surface area contributed by atoms with E-state index in [1.54, 1.807) is 45.9 Å². The van der Waals surface area contributed by atoms with Crippen LogP contribution < -0.4 is 23.7 Å². The number of carbonyl (C=O) groups excluding carboxylic acids is 1. The molecule has 3 rings (SSSR count). The standard InChI is InChI=1S/C31H34Cl2O8/c1-15-18(4)27(20(6)28(37-7)24(15)30(34)35)41-31(36)25-16(2)17(3)26(19(5)29(25)38-8)40-13-9-12-39-23-11-10-21(32)14-22(23)33/h10-11,14H,9,12-13H2,1-8H3,(H,34,35). The molecular weight excluding hydrogens is 571 g/mol. The fourth-order valence-electron chi connectivity index (χ4n) is 4.73. The quantitative estimate of drug-likeness (QED) is 0.135. The predicted octanol–water partition coefficient (Wildman–Crippen LogP) is 7.63. The predicted molar refractivity (Wildman–Crippen MR) is 158 cm³/mol. The van der Waals surface area contributed by atoms with Crippen LogP contribution in [0.1, 0.15) is 60.5 Å². The van der Waals surface area contributed by atoms with Crippen molar-refractivity contribution in [3.63, 3.8) is 0 Å². The van der Waals surface area contributed by atoms with E-state index in [1.165, 1.54) is 14.2 Å². The number of carboxylic acids is 1. The van der Waals surface area contributed by atoms with Crippen LogP contribution in [-0.4, -0.2) is 44.5 Å². The Morgan fingerprint density at radius 2 is 1.24 bits per heavy atom. The summed E-state index contributed by atoms with van der Waals surface area (Å²) < 4.78 is 28.8. The van der Waals surface area contributed by atoms with Crippen molar-refractivity contribution in [2.24, 2.45) is 0 Å². The Morgan fingerprint density at radius 3 is 1.83 bits per heavy atom. The van der Waals surface area contributed by atoms with E-state index in [0.717, 1.165) is 5.56 Å². The summed E-state index contributed by atoms with van der Waals surface area (Å²) in [7, 11) is 2.86. The fraction of sp³-hybridized carbons (Fsp3) is 0.355. The van der Waals surface area contributed by atoms with E-state index in [1.807, 2.05) is 13.8 Å². The molecule has 8 nitrogen and oxygen atoms in total. The van der Waals surface area contributed by atoms with Gasteiger partial charge in [0.2, 0.25) is 0 Å². The molecule has 10 heteroatoms. The Kier molecular flexibility index (Phi) is 10.4. The minimum absolute atomic E-state index is 0.0333. The second-order valence-corrected chi connectivity index (χ2v) is 10.4. The van der Waals surface area contributed by atoms with Crippen LogP contribution in [0, 0.1) is 41.5 Å². The molecule has 0 saturated carbocycles. The first-order valence-electron chi connectivity index (χ1n) is 12.9. The van der Waals surface area contributed by atoms with Crippen molar-refractivity contribution in [2.75, 3.05) is 27.4 Å². The molecule has 0 saturated heterocycles. The second-order valence-electron chi connectivity index (χ2n) is 9.54. The molecule has 0 aliphatic carbocycles. The minimum atomic E-state index is -1.12. The van der Waals surface area contributed by atoms with Crippen LogP contribution in [0.25, 0.3) is 0 Å². The molecule has 0 aromatic heterocycles. The zero-order valence-electron chi connectivity index (χ0n) is 24.4. The number of hydrogen-bond acceptors (Lipinski definition) is 7. The summed E-state index contributed by atoms with van der Waals surface area (Å²) in [6.45, 7) is 11.2. The summed E-state index contributed by atoms with van der Waals surface area (Å²) in [5.74, 6) is 0.108. The highest BCUT2D eigenvalue weighted by Crippen LogP contribution is 2.41. The summed E-state index contributed by atoms with van der Waals surface area (Å²) in [4.78, 5) is 25.5. The third-order valence-corrected chi connectivity index (χ3v) is 7.61. The van der Waals surface area contributed by atoms with Crippen molar-refractivity contribution in [3.05, 3.63) is 72.8 Å². The molecule has 0 bridgehead atoms. The lowest BCUT2D eigenvalue weighted by Gasteiger charge is -2.22. The Morgan fingerprint density at radius 1 is 0.707 bits per heavy atom. The van der Waals surface area contributed by atoms with Gasteiger partial charge in [0.15, 0.2) is 0 Å². The molecule has 0 spiro atoms. The van der Waals surface area contributed by atoms with Crippen LogP contribution in [0.5, 0.6) is 28.7 Å². The number of benzene rings is 3. The van der Waals surface area contributed by atoms with Gasteiger partial charge < -0.3 is 28.8 Å². The van der Waals surface area contributed by atoms with E-state index in [0.29, 0.717) is 74.7 Å². The van der Waals surface area contributed by atoms with E-state index in [9.17, 15) is 14.7 Å². The topological polar surface area (TPSA) is 101 Å². The molecule has 0 fully saturated rings. The maximum atomic E-state index is 13.6. The molecule has 0 atom stereocenters. The molecular formula is C31H34Cl2O8. The molecule has 220 valence electrons. The van der Waals surface area contributed by atoms with E-state index >= 15 is 0 Å². The van der Waals surface area contributed by atoms with Gasteiger partial charge in [-0.1, -0.05) is 23.2 Å². The highest BCUT2D eigenvalue weighted by atomic mass is 35.5. The number of aromatic carboxylic acids is 1. The highest BCUT2D eigenvalue weighted by molar-refractivity contribution is 6.35. The second kappa shape index (κ2) is 13.4. The lowest BCUT2D eigenvalue weighted by molar-refractivity contribution is 0.0692. The van der Waals surface area contributed by atoms with Crippen LogP contribution in [-0.2, 0) is 0 Å². The van der Waals surface area contributed by atoms with Gasteiger partial charge >= 0.3 is 11.9 Å². The molecule has 0 amide bonds. The minimum Gasteiger partial charge on any atom is -0.495 e. The van der Waals surface area contributed by atoms with Gasteiger partial charge in [0.05, 0.1) is 32.5 Å². The first-order chi connectivity index (χ1) is 19.3. The largest absolute Gasteiger partial charge is 0.495 e. The van der Waals surface area contributed by atoms with E-state index in [2.05, 4.69) is 0 Å². The van der Waals surface area contributed by atoms with Crippen LogP contribution in [0.3, 0.4) is 0 Å². The maximum Gasteiger partial charge on any atom is 0.347 e. The van der Waals surface area contributed by atoms with Gasteiger partial charge in [0, 0.05) is 22.6 Å². The molecule has 3 aromatic rings. The Hall–Kier alpha value is -3.62. The van der Waals surface area contributed by atoms with Gasteiger partial charge in [-0.3, -0.25) is 0 Å². The zero-order valence-corrected chi connectivity index (χ0v) is 25.9. The fourth-order valence-corrected chi connectivity index (χ4v) is 5.20. The SMILES string of the molecule is COc1c(C)c(OC(=O)c2c(C)c(C)c(OCCCOc3ccc(Cl)cc3Cl)c(C)c2OC)c(C)c(C)c1C(=O)O. The van der Waals surface area contributed by atoms with Crippen molar-refractivity contribution in [2.45, 2.75) is 48.0 Å². The van der Waals surface area contributed by atoms with Crippen molar-refractivity contribution >= 4 is 35.1 Å². The summed E-state index contributed by atoms with van der Waals surface area (Å²) in [5.41, 5.74) is 3.73. The van der Waals surface area contributed by atoms with E-state index in [-0.39, 0.29) is 22.6 Å².